The number of benzene rings is 3. The summed E-state index contributed by atoms with van der Waals surface area (Å²) in [5.41, 5.74) is 6.65. The lowest BCUT2D eigenvalue weighted by Crippen LogP contribution is -2.05. The monoisotopic (exact) mass is 467 g/mol. The van der Waals surface area contributed by atoms with Crippen LogP contribution >= 0.6 is 0 Å². The van der Waals surface area contributed by atoms with Gasteiger partial charge in [0.15, 0.2) is 5.82 Å². The zero-order valence-corrected chi connectivity index (χ0v) is 19.8. The molecule has 0 spiro atoms. The number of rotatable bonds is 6. The van der Waals surface area contributed by atoms with E-state index >= 15 is 0 Å². The second kappa shape index (κ2) is 9.10. The average molecular weight is 468 g/mol. The van der Waals surface area contributed by atoms with Gasteiger partial charge in [0.05, 0.1) is 0 Å². The van der Waals surface area contributed by atoms with Crippen LogP contribution in [-0.4, -0.2) is 20.2 Å². The van der Waals surface area contributed by atoms with E-state index in [9.17, 15) is 9.90 Å². The minimum absolute atomic E-state index is 0.111. The highest BCUT2D eigenvalue weighted by Gasteiger charge is 2.15. The van der Waals surface area contributed by atoms with Crippen LogP contribution in [0, 0.1) is 20.8 Å². The van der Waals surface area contributed by atoms with Crippen LogP contribution < -0.4 is 10.5 Å². The smallest absolute Gasteiger partial charge is 0.439 e. The molecule has 3 aromatic carbocycles. The summed E-state index contributed by atoms with van der Waals surface area (Å²) in [5.74, 6) is 0.613. The van der Waals surface area contributed by atoms with Crippen molar-refractivity contribution in [1.82, 2.24) is 15.1 Å². The number of aromatic amines is 1. The predicted molar refractivity (Wildman–Crippen MR) is 134 cm³/mol. The van der Waals surface area contributed by atoms with Crippen LogP contribution in [0.1, 0.15) is 33.8 Å². The summed E-state index contributed by atoms with van der Waals surface area (Å²) in [6.07, 6.45) is 0.621. The molecular formula is C28H25N3O4. The summed E-state index contributed by atoms with van der Waals surface area (Å²) < 4.78 is 10.4. The standard InChI is InChI=1S/C28H25N3O4/c1-16-12-25(34-15-26-30-28(33)35-31-26)18(3)17(2)23(16)14-22-10-11-24(32)27(29-22)21-9-8-19-6-4-5-7-20(19)13-21/h4-13,32H,14-15H2,1-3H3,(H,30,31,33). The first kappa shape index (κ1) is 22.4. The quantitative estimate of drug-likeness (QED) is 0.348. The molecule has 0 radical (unpaired) electrons. The number of aromatic nitrogens is 3. The van der Waals surface area contributed by atoms with E-state index in [-0.39, 0.29) is 12.4 Å². The number of aryl methyl sites for hydroxylation is 1. The van der Waals surface area contributed by atoms with Crippen LogP contribution in [0.15, 0.2) is 70.0 Å². The normalized spacial score (nSPS) is 11.2. The number of ether oxygens (including phenoxy) is 1. The molecule has 176 valence electrons. The van der Waals surface area contributed by atoms with E-state index in [0.717, 1.165) is 50.0 Å². The summed E-state index contributed by atoms with van der Waals surface area (Å²) in [7, 11) is 0. The average Bonchev–Trinajstić information content (AvgIpc) is 3.28. The Labute approximate surface area is 202 Å². The molecule has 0 amide bonds. The molecule has 0 saturated heterocycles. The minimum Gasteiger partial charge on any atom is -0.506 e. The number of pyridine rings is 1. The van der Waals surface area contributed by atoms with Gasteiger partial charge in [-0.3, -0.25) is 9.51 Å². The molecule has 7 nitrogen and oxygen atoms in total. The number of hydrogen-bond acceptors (Lipinski definition) is 6. The fourth-order valence-corrected chi connectivity index (χ4v) is 4.31. The van der Waals surface area contributed by atoms with E-state index in [1.54, 1.807) is 6.07 Å². The minimum atomic E-state index is -0.604. The summed E-state index contributed by atoms with van der Waals surface area (Å²) >= 11 is 0. The fourth-order valence-electron chi connectivity index (χ4n) is 4.31. The Bertz CT molecular complexity index is 1600. The Morgan fingerprint density at radius 1 is 0.971 bits per heavy atom. The lowest BCUT2D eigenvalue weighted by molar-refractivity contribution is 0.283. The molecule has 0 aliphatic heterocycles. The molecule has 5 aromatic rings. The van der Waals surface area contributed by atoms with E-state index < -0.39 is 5.76 Å². The van der Waals surface area contributed by atoms with Gasteiger partial charge in [-0.15, -0.1) is 0 Å². The first-order valence-corrected chi connectivity index (χ1v) is 11.3. The molecule has 0 unspecified atom stereocenters. The highest BCUT2D eigenvalue weighted by Crippen LogP contribution is 2.33. The van der Waals surface area contributed by atoms with Crippen LogP contribution in [0.2, 0.25) is 0 Å². The van der Waals surface area contributed by atoms with Crippen molar-refractivity contribution < 1.29 is 14.4 Å². The molecule has 0 atom stereocenters. The second-order valence-electron chi connectivity index (χ2n) is 8.66. The van der Waals surface area contributed by atoms with Gasteiger partial charge in [0.2, 0.25) is 0 Å². The molecule has 5 rings (SSSR count). The van der Waals surface area contributed by atoms with Crippen molar-refractivity contribution in [2.45, 2.75) is 33.8 Å². The third kappa shape index (κ3) is 4.53. The third-order valence-electron chi connectivity index (χ3n) is 6.37. The zero-order chi connectivity index (χ0) is 24.5. The Kier molecular flexibility index (Phi) is 5.82. The molecular weight excluding hydrogens is 442 g/mol. The van der Waals surface area contributed by atoms with E-state index in [2.05, 4.69) is 39.8 Å². The van der Waals surface area contributed by atoms with Crippen LogP contribution in [0.5, 0.6) is 11.5 Å². The zero-order valence-electron chi connectivity index (χ0n) is 19.8. The lowest BCUT2D eigenvalue weighted by atomic mass is 9.93. The number of nitrogens with zero attached hydrogens (tertiary/aromatic N) is 2. The van der Waals surface area contributed by atoms with Gasteiger partial charge < -0.3 is 9.84 Å². The van der Waals surface area contributed by atoms with E-state index in [0.29, 0.717) is 17.9 Å². The number of H-pyrrole nitrogens is 1. The Morgan fingerprint density at radius 2 is 1.77 bits per heavy atom. The second-order valence-corrected chi connectivity index (χ2v) is 8.66. The molecule has 0 aliphatic rings. The van der Waals surface area contributed by atoms with E-state index in [4.69, 9.17) is 9.72 Å². The molecule has 0 saturated carbocycles. The first-order chi connectivity index (χ1) is 16.9. The molecule has 35 heavy (non-hydrogen) atoms. The van der Waals surface area contributed by atoms with Crippen molar-refractivity contribution in [1.29, 1.82) is 0 Å². The van der Waals surface area contributed by atoms with Gasteiger partial charge in [0.25, 0.3) is 0 Å². The SMILES string of the molecule is Cc1cc(OCc2noc(=O)[nH]2)c(C)c(C)c1Cc1ccc(O)c(-c2ccc3ccccc3c2)n1. The van der Waals surface area contributed by atoms with Crippen LogP contribution in [-0.2, 0) is 13.0 Å². The maximum atomic E-state index is 11.1. The topological polar surface area (TPSA) is 101 Å². The maximum absolute atomic E-state index is 11.1. The first-order valence-electron chi connectivity index (χ1n) is 11.3. The van der Waals surface area contributed by atoms with Gasteiger partial charge in [0, 0.05) is 17.7 Å². The van der Waals surface area contributed by atoms with Crippen molar-refractivity contribution in [2.75, 3.05) is 0 Å². The lowest BCUT2D eigenvalue weighted by Gasteiger charge is -2.17. The maximum Gasteiger partial charge on any atom is 0.439 e. The number of fused-ring (bicyclic) bond motifs is 1. The van der Waals surface area contributed by atoms with Gasteiger partial charge in [-0.2, -0.15) is 0 Å². The molecule has 0 aliphatic carbocycles. The summed E-state index contributed by atoms with van der Waals surface area (Å²) in [6, 6.07) is 19.8. The van der Waals surface area contributed by atoms with Gasteiger partial charge >= 0.3 is 5.76 Å². The summed E-state index contributed by atoms with van der Waals surface area (Å²) in [4.78, 5) is 18.4. The van der Waals surface area contributed by atoms with Crippen molar-refractivity contribution >= 4 is 10.8 Å². The largest absolute Gasteiger partial charge is 0.506 e. The van der Waals surface area contributed by atoms with Crippen LogP contribution in [0.4, 0.5) is 0 Å². The molecule has 2 aromatic heterocycles. The fraction of sp³-hybridized carbons (Fsp3) is 0.179. The highest BCUT2D eigenvalue weighted by molar-refractivity contribution is 5.87. The number of nitrogens with one attached hydrogen (secondary N) is 1. The van der Waals surface area contributed by atoms with E-state index in [1.807, 2.05) is 50.2 Å². The van der Waals surface area contributed by atoms with Crippen molar-refractivity contribution in [3.8, 4) is 22.8 Å². The Morgan fingerprint density at radius 3 is 2.54 bits per heavy atom. The van der Waals surface area contributed by atoms with E-state index in [1.165, 1.54) is 0 Å². The molecule has 2 N–H and O–H groups in total. The van der Waals surface area contributed by atoms with Crippen LogP contribution in [0.25, 0.3) is 22.0 Å². The molecule has 2 heterocycles. The van der Waals surface area contributed by atoms with Gasteiger partial charge in [-0.1, -0.05) is 41.6 Å². The Balaban J connectivity index is 1.43. The third-order valence-corrected chi connectivity index (χ3v) is 6.37. The summed E-state index contributed by atoms with van der Waals surface area (Å²) in [5, 5.41) is 16.4. The van der Waals surface area contributed by atoms with Gasteiger partial charge in [0.1, 0.15) is 23.8 Å². The van der Waals surface area contributed by atoms with Gasteiger partial charge in [-0.05, 0) is 78.1 Å². The van der Waals surface area contributed by atoms with Crippen molar-refractivity contribution in [3.63, 3.8) is 0 Å². The van der Waals surface area contributed by atoms with Gasteiger partial charge in [-0.25, -0.2) is 9.78 Å². The van der Waals surface area contributed by atoms with Crippen LogP contribution in [0.3, 0.4) is 0 Å². The number of aromatic hydroxyl groups is 1. The highest BCUT2D eigenvalue weighted by atomic mass is 16.5. The summed E-state index contributed by atoms with van der Waals surface area (Å²) in [6.45, 7) is 6.22. The van der Waals surface area contributed by atoms with Crippen molar-refractivity contribution in [3.05, 3.63) is 105 Å². The predicted octanol–water partition coefficient (Wildman–Crippen LogP) is 5.38. The number of hydrogen-bond donors (Lipinski definition) is 2. The van der Waals surface area contributed by atoms with Crippen molar-refractivity contribution in [2.24, 2.45) is 0 Å². The molecule has 7 heteroatoms. The molecule has 0 bridgehead atoms. The molecule has 0 fully saturated rings. The Hall–Kier alpha value is -4.39.